The highest BCUT2D eigenvalue weighted by Gasteiger charge is 2.22. The molecule has 10 heteroatoms. The van der Waals surface area contributed by atoms with Crippen LogP contribution in [-0.2, 0) is 11.2 Å². The van der Waals surface area contributed by atoms with Gasteiger partial charge in [0.1, 0.15) is 10.9 Å². The summed E-state index contributed by atoms with van der Waals surface area (Å²) in [5.74, 6) is -1.04. The number of hydrogen-bond donors (Lipinski definition) is 2. The zero-order valence-electron chi connectivity index (χ0n) is 18.8. The number of amides is 2. The van der Waals surface area contributed by atoms with E-state index in [0.717, 1.165) is 40.7 Å². The Bertz CT molecular complexity index is 1370. The monoisotopic (exact) mass is 525 g/mol. The summed E-state index contributed by atoms with van der Waals surface area (Å²) in [6.45, 7) is 1.57. The zero-order chi connectivity index (χ0) is 25.1. The van der Waals surface area contributed by atoms with Gasteiger partial charge in [-0.05, 0) is 61.0 Å². The summed E-state index contributed by atoms with van der Waals surface area (Å²) in [6.07, 6.45) is 5.05. The minimum absolute atomic E-state index is 0.0606. The predicted molar refractivity (Wildman–Crippen MR) is 146 cm³/mol. The number of nitrogens with one attached hydrogen (secondary N) is 1. The second-order valence-corrected chi connectivity index (χ2v) is 9.36. The van der Waals surface area contributed by atoms with Gasteiger partial charge >= 0.3 is 0 Å². The smallest absolute Gasteiger partial charge is 0.264 e. The number of allylic oxidation sites excluding steroid dienone is 1. The summed E-state index contributed by atoms with van der Waals surface area (Å²) in [5.41, 5.74) is 9.89. The minimum Gasteiger partial charge on any atom is -0.365 e. The maximum atomic E-state index is 12.9. The lowest BCUT2D eigenvalue weighted by Crippen LogP contribution is -2.26. The number of carbonyl (C=O) groups is 2. The van der Waals surface area contributed by atoms with Crippen molar-refractivity contribution in [2.45, 2.75) is 19.8 Å². The summed E-state index contributed by atoms with van der Waals surface area (Å²) >= 11 is 12.1. The van der Waals surface area contributed by atoms with Crippen molar-refractivity contribution in [3.05, 3.63) is 87.7 Å². The number of benzene rings is 2. The van der Waals surface area contributed by atoms with Gasteiger partial charge in [-0.3, -0.25) is 9.59 Å². The zero-order valence-corrected chi connectivity index (χ0v) is 21.4. The van der Waals surface area contributed by atoms with E-state index in [1.54, 1.807) is 11.9 Å². The van der Waals surface area contributed by atoms with Gasteiger partial charge in [0.25, 0.3) is 11.8 Å². The first-order chi connectivity index (χ1) is 16.7. The van der Waals surface area contributed by atoms with Crippen LogP contribution in [0.2, 0.25) is 10.2 Å². The van der Waals surface area contributed by atoms with Crippen LogP contribution in [0.25, 0.3) is 5.70 Å². The molecular weight excluding hydrogens is 504 g/mol. The van der Waals surface area contributed by atoms with Crippen LogP contribution in [0.4, 0.5) is 11.4 Å². The molecule has 0 fully saturated rings. The van der Waals surface area contributed by atoms with E-state index in [1.165, 1.54) is 12.3 Å². The number of aryl methyl sites for hydroxylation is 1. The lowest BCUT2D eigenvalue weighted by molar-refractivity contribution is -0.112. The Kier molecular flexibility index (Phi) is 7.51. The molecule has 3 N–H and O–H groups in total. The van der Waals surface area contributed by atoms with Gasteiger partial charge < -0.3 is 11.1 Å². The fourth-order valence-corrected chi connectivity index (χ4v) is 4.17. The highest BCUT2D eigenvalue weighted by atomic mass is 35.5. The summed E-state index contributed by atoms with van der Waals surface area (Å²) in [6, 6.07) is 14.8. The molecule has 1 aliphatic carbocycles. The summed E-state index contributed by atoms with van der Waals surface area (Å²) in [4.78, 5) is 28.6. The van der Waals surface area contributed by atoms with Gasteiger partial charge in [0.15, 0.2) is 0 Å². The Hall–Kier alpha value is -3.25. The van der Waals surface area contributed by atoms with E-state index < -0.39 is 11.8 Å². The maximum absolute atomic E-state index is 12.9. The fourth-order valence-electron chi connectivity index (χ4n) is 3.63. The molecule has 7 nitrogen and oxygen atoms in total. The molecule has 178 valence electrons. The Labute approximate surface area is 215 Å². The van der Waals surface area contributed by atoms with Gasteiger partial charge in [-0.25, -0.2) is 9.99 Å². The lowest BCUT2D eigenvalue weighted by atomic mass is 9.93. The summed E-state index contributed by atoms with van der Waals surface area (Å²) < 4.78 is 0. The van der Waals surface area contributed by atoms with Crippen molar-refractivity contribution in [2.24, 2.45) is 10.8 Å². The van der Waals surface area contributed by atoms with Crippen LogP contribution in [-0.4, -0.2) is 22.5 Å². The first-order valence-corrected chi connectivity index (χ1v) is 12.0. The quantitative estimate of drug-likeness (QED) is 0.209. The van der Waals surface area contributed by atoms with Crippen molar-refractivity contribution < 1.29 is 9.59 Å². The molecule has 0 radical (unpaired) electrons. The Balaban J connectivity index is 1.73. The number of pyridine rings is 1. The van der Waals surface area contributed by atoms with E-state index in [0.29, 0.717) is 10.7 Å². The first-order valence-electron chi connectivity index (χ1n) is 10.7. The molecule has 0 bridgehead atoms. The first kappa shape index (κ1) is 24.9. The standard InChI is InChI=1S/C25H22Cl2N5O2P/c1-14(24(28)33)31-32(18-7-9-19(35)10-8-18)22-4-2-3-15-5-6-17(12-20(15)22)30-25(34)21-11-16(26)13-29-23(21)27/h4-13H,2-3,35H2,1H3,(H2,28,33)(H,30,34)/b31-14+. The number of carbonyl (C=O) groups excluding carboxylic acids is 2. The van der Waals surface area contributed by atoms with Crippen LogP contribution in [0.1, 0.15) is 34.8 Å². The van der Waals surface area contributed by atoms with E-state index >= 15 is 0 Å². The Morgan fingerprint density at radius 2 is 1.89 bits per heavy atom. The Morgan fingerprint density at radius 1 is 1.14 bits per heavy atom. The van der Waals surface area contributed by atoms with Crippen molar-refractivity contribution in [3.63, 3.8) is 0 Å². The number of fused-ring (bicyclic) bond motifs is 1. The highest BCUT2D eigenvalue weighted by molar-refractivity contribution is 7.27. The van der Waals surface area contributed by atoms with Crippen LogP contribution >= 0.6 is 32.4 Å². The molecule has 4 rings (SSSR count). The third kappa shape index (κ3) is 5.70. The topological polar surface area (TPSA) is 101 Å². The molecule has 1 heterocycles. The van der Waals surface area contributed by atoms with E-state index in [2.05, 4.69) is 30.7 Å². The molecule has 2 amide bonds. The largest absolute Gasteiger partial charge is 0.365 e. The number of nitrogens with two attached hydrogens (primary N) is 1. The molecule has 2 aromatic carbocycles. The molecule has 3 aromatic rings. The average molecular weight is 526 g/mol. The van der Waals surface area contributed by atoms with Crippen LogP contribution in [0.5, 0.6) is 0 Å². The van der Waals surface area contributed by atoms with Crippen LogP contribution in [0, 0.1) is 0 Å². The maximum Gasteiger partial charge on any atom is 0.264 e. The molecule has 0 spiro atoms. The molecule has 0 aliphatic heterocycles. The molecular formula is C25H22Cl2N5O2P. The molecule has 35 heavy (non-hydrogen) atoms. The van der Waals surface area contributed by atoms with Gasteiger partial charge in [-0.15, -0.1) is 9.24 Å². The summed E-state index contributed by atoms with van der Waals surface area (Å²) in [7, 11) is 2.64. The number of rotatable bonds is 6. The molecule has 0 saturated heterocycles. The van der Waals surface area contributed by atoms with Crippen LogP contribution < -0.4 is 21.4 Å². The van der Waals surface area contributed by atoms with Gasteiger partial charge in [0.05, 0.1) is 22.0 Å². The van der Waals surface area contributed by atoms with Gasteiger partial charge in [0.2, 0.25) is 0 Å². The average Bonchev–Trinajstić information content (AvgIpc) is 2.84. The third-order valence-corrected chi connectivity index (χ3v) is 6.31. The number of hydrazone groups is 1. The minimum atomic E-state index is -0.609. The van der Waals surface area contributed by atoms with Crippen molar-refractivity contribution in [1.82, 2.24) is 4.98 Å². The molecule has 1 unspecified atom stereocenters. The molecule has 1 atom stereocenters. The van der Waals surface area contributed by atoms with E-state index in [-0.39, 0.29) is 16.4 Å². The van der Waals surface area contributed by atoms with Gasteiger partial charge in [0, 0.05) is 17.4 Å². The van der Waals surface area contributed by atoms with E-state index in [1.807, 2.05) is 42.5 Å². The predicted octanol–water partition coefficient (Wildman–Crippen LogP) is 4.80. The third-order valence-electron chi connectivity index (χ3n) is 5.42. The van der Waals surface area contributed by atoms with E-state index in [9.17, 15) is 9.59 Å². The van der Waals surface area contributed by atoms with Gasteiger partial charge in [-0.1, -0.05) is 47.5 Å². The second-order valence-electron chi connectivity index (χ2n) is 7.90. The van der Waals surface area contributed by atoms with Crippen LogP contribution in [0.3, 0.4) is 0 Å². The fraction of sp³-hybridized carbons (Fsp3) is 0.120. The number of aromatic nitrogens is 1. The lowest BCUT2D eigenvalue weighted by Gasteiger charge is -2.28. The highest BCUT2D eigenvalue weighted by Crippen LogP contribution is 2.35. The number of anilines is 2. The van der Waals surface area contributed by atoms with Crippen molar-refractivity contribution in [1.29, 1.82) is 0 Å². The number of halogens is 2. The number of hydrogen-bond acceptors (Lipinski definition) is 5. The summed E-state index contributed by atoms with van der Waals surface area (Å²) in [5, 5.41) is 10.5. The molecule has 1 aromatic heterocycles. The Morgan fingerprint density at radius 3 is 2.60 bits per heavy atom. The molecule has 0 saturated carbocycles. The number of nitrogens with zero attached hydrogens (tertiary/aromatic N) is 3. The van der Waals surface area contributed by atoms with Crippen molar-refractivity contribution in [3.8, 4) is 0 Å². The normalized spacial score (nSPS) is 13.0. The van der Waals surface area contributed by atoms with Crippen LogP contribution in [0.15, 0.2) is 65.9 Å². The van der Waals surface area contributed by atoms with Crippen molar-refractivity contribution in [2.75, 3.05) is 10.3 Å². The SMILES string of the molecule is C/C(=N\N(C1=CCCc2ccc(NC(=O)c3cc(Cl)cnc3Cl)cc21)c1ccc(P)cc1)C(N)=O. The second kappa shape index (κ2) is 10.6. The van der Waals surface area contributed by atoms with Gasteiger partial charge in [-0.2, -0.15) is 5.10 Å². The molecule has 1 aliphatic rings. The van der Waals surface area contributed by atoms with E-state index in [4.69, 9.17) is 28.9 Å². The number of primary amides is 1. The van der Waals surface area contributed by atoms with Crippen molar-refractivity contribution >= 4 is 72.3 Å².